The van der Waals surface area contributed by atoms with Gasteiger partial charge in [-0.1, -0.05) is 36.8 Å². The summed E-state index contributed by atoms with van der Waals surface area (Å²) in [6.45, 7) is 5.09. The van der Waals surface area contributed by atoms with Crippen molar-refractivity contribution in [2.75, 3.05) is 37.7 Å². The molecule has 126 valence electrons. The van der Waals surface area contributed by atoms with Gasteiger partial charge < -0.3 is 14.5 Å². The second-order valence-electron chi connectivity index (χ2n) is 6.65. The highest BCUT2D eigenvalue weighted by Crippen LogP contribution is 2.35. The highest BCUT2D eigenvalue weighted by atomic mass is 16.5. The van der Waals surface area contributed by atoms with Gasteiger partial charge in [-0.15, -0.1) is 0 Å². The number of benzene rings is 1. The molecule has 2 aliphatic heterocycles. The normalized spacial score (nSPS) is 19.4. The predicted octanol–water partition coefficient (Wildman–Crippen LogP) is 3.51. The number of rotatable bonds is 4. The Labute approximate surface area is 144 Å². The minimum absolute atomic E-state index is 0.321. The summed E-state index contributed by atoms with van der Waals surface area (Å²) in [4.78, 5) is 9.67. The van der Waals surface area contributed by atoms with Crippen LogP contribution in [0.3, 0.4) is 0 Å². The van der Waals surface area contributed by atoms with Crippen LogP contribution in [0.25, 0.3) is 0 Å². The molecule has 1 aromatic heterocycles. The SMILES string of the molecule is c1ccc(C(CN2CCCCC2)N2CCOc3cccnc32)cc1. The number of likely N-dealkylation sites (tertiary alicyclic amines) is 1. The summed E-state index contributed by atoms with van der Waals surface area (Å²) in [7, 11) is 0. The van der Waals surface area contributed by atoms with Crippen LogP contribution in [0.4, 0.5) is 5.82 Å². The molecule has 2 aliphatic rings. The molecule has 0 radical (unpaired) electrons. The fourth-order valence-corrected chi connectivity index (χ4v) is 3.82. The van der Waals surface area contributed by atoms with Crippen molar-refractivity contribution < 1.29 is 4.74 Å². The zero-order valence-corrected chi connectivity index (χ0v) is 14.1. The molecule has 0 bridgehead atoms. The van der Waals surface area contributed by atoms with Crippen molar-refractivity contribution in [2.24, 2.45) is 0 Å². The fraction of sp³-hybridized carbons (Fsp3) is 0.450. The summed E-state index contributed by atoms with van der Waals surface area (Å²) < 4.78 is 5.81. The number of anilines is 1. The summed E-state index contributed by atoms with van der Waals surface area (Å²) in [5, 5.41) is 0. The number of pyridine rings is 1. The van der Waals surface area contributed by atoms with Gasteiger partial charge in [-0.3, -0.25) is 0 Å². The van der Waals surface area contributed by atoms with E-state index in [9.17, 15) is 0 Å². The summed E-state index contributed by atoms with van der Waals surface area (Å²) in [5.41, 5.74) is 1.36. The molecular formula is C20H25N3O. The van der Waals surface area contributed by atoms with Gasteiger partial charge in [0.25, 0.3) is 0 Å². The molecule has 1 unspecified atom stereocenters. The van der Waals surface area contributed by atoms with Gasteiger partial charge in [0.05, 0.1) is 12.6 Å². The zero-order chi connectivity index (χ0) is 16.2. The van der Waals surface area contributed by atoms with Crippen LogP contribution in [0.1, 0.15) is 30.9 Å². The predicted molar refractivity (Wildman–Crippen MR) is 96.6 cm³/mol. The van der Waals surface area contributed by atoms with Crippen molar-refractivity contribution in [2.45, 2.75) is 25.3 Å². The lowest BCUT2D eigenvalue weighted by atomic mass is 10.0. The molecule has 1 fully saturated rings. The Hall–Kier alpha value is -2.07. The number of hydrogen-bond acceptors (Lipinski definition) is 4. The van der Waals surface area contributed by atoms with Crippen LogP contribution < -0.4 is 9.64 Å². The second-order valence-corrected chi connectivity index (χ2v) is 6.65. The maximum Gasteiger partial charge on any atom is 0.172 e. The lowest BCUT2D eigenvalue weighted by Crippen LogP contribution is -2.43. The van der Waals surface area contributed by atoms with Gasteiger partial charge in [0.15, 0.2) is 11.6 Å². The largest absolute Gasteiger partial charge is 0.488 e. The number of nitrogens with zero attached hydrogens (tertiary/aromatic N) is 3. The average Bonchev–Trinajstić information content (AvgIpc) is 2.67. The van der Waals surface area contributed by atoms with E-state index in [0.29, 0.717) is 6.04 Å². The van der Waals surface area contributed by atoms with Gasteiger partial charge >= 0.3 is 0 Å². The van der Waals surface area contributed by atoms with Gasteiger partial charge in [-0.2, -0.15) is 0 Å². The van der Waals surface area contributed by atoms with Crippen LogP contribution in [0.5, 0.6) is 5.75 Å². The molecule has 0 aliphatic carbocycles. The van der Waals surface area contributed by atoms with Crippen molar-refractivity contribution in [1.82, 2.24) is 9.88 Å². The Morgan fingerprint density at radius 3 is 2.62 bits per heavy atom. The maximum absolute atomic E-state index is 5.81. The van der Waals surface area contributed by atoms with E-state index in [4.69, 9.17) is 4.74 Å². The number of fused-ring (bicyclic) bond motifs is 1. The van der Waals surface area contributed by atoms with Gasteiger partial charge in [-0.25, -0.2) is 4.98 Å². The van der Waals surface area contributed by atoms with Gasteiger partial charge in [0, 0.05) is 12.7 Å². The Kier molecular flexibility index (Phi) is 4.65. The third-order valence-electron chi connectivity index (χ3n) is 5.05. The molecule has 1 aromatic carbocycles. The molecule has 0 saturated carbocycles. The third kappa shape index (κ3) is 3.24. The minimum Gasteiger partial charge on any atom is -0.488 e. The lowest BCUT2D eigenvalue weighted by Gasteiger charge is -2.40. The van der Waals surface area contributed by atoms with Crippen LogP contribution >= 0.6 is 0 Å². The van der Waals surface area contributed by atoms with E-state index in [1.165, 1.54) is 37.9 Å². The van der Waals surface area contributed by atoms with Crippen molar-refractivity contribution in [3.8, 4) is 5.75 Å². The molecular weight excluding hydrogens is 298 g/mol. The first-order chi connectivity index (χ1) is 11.9. The quantitative estimate of drug-likeness (QED) is 0.861. The lowest BCUT2D eigenvalue weighted by molar-refractivity contribution is 0.207. The molecule has 3 heterocycles. The topological polar surface area (TPSA) is 28.6 Å². The highest BCUT2D eigenvalue weighted by Gasteiger charge is 2.29. The van der Waals surface area contributed by atoms with Crippen molar-refractivity contribution >= 4 is 5.82 Å². The molecule has 0 amide bonds. The van der Waals surface area contributed by atoms with E-state index >= 15 is 0 Å². The molecule has 1 saturated heterocycles. The average molecular weight is 323 g/mol. The highest BCUT2D eigenvalue weighted by molar-refractivity contribution is 5.55. The minimum atomic E-state index is 0.321. The smallest absolute Gasteiger partial charge is 0.172 e. The van der Waals surface area contributed by atoms with E-state index in [0.717, 1.165) is 31.3 Å². The first-order valence-corrected chi connectivity index (χ1v) is 9.03. The van der Waals surface area contributed by atoms with Crippen molar-refractivity contribution in [3.05, 3.63) is 54.2 Å². The standard InChI is InChI=1S/C20H25N3O/c1-3-8-17(9-4-1)18(16-22-12-5-2-6-13-22)23-14-15-24-19-10-7-11-21-20(19)23/h1,3-4,7-11,18H,2,5-6,12-16H2. The Bertz CT molecular complexity index is 655. The maximum atomic E-state index is 5.81. The van der Waals surface area contributed by atoms with E-state index in [2.05, 4.69) is 45.1 Å². The molecule has 1 atom stereocenters. The van der Waals surface area contributed by atoms with Crippen LogP contribution in [0.15, 0.2) is 48.7 Å². The molecule has 0 N–H and O–H groups in total. The van der Waals surface area contributed by atoms with Crippen LogP contribution in [-0.4, -0.2) is 42.7 Å². The molecule has 4 heteroatoms. The van der Waals surface area contributed by atoms with E-state index in [1.807, 2.05) is 18.3 Å². The van der Waals surface area contributed by atoms with Crippen LogP contribution in [0.2, 0.25) is 0 Å². The van der Waals surface area contributed by atoms with Gasteiger partial charge in [-0.05, 0) is 43.6 Å². The van der Waals surface area contributed by atoms with E-state index in [-0.39, 0.29) is 0 Å². The summed E-state index contributed by atoms with van der Waals surface area (Å²) in [5.74, 6) is 1.89. The van der Waals surface area contributed by atoms with E-state index < -0.39 is 0 Å². The van der Waals surface area contributed by atoms with Crippen molar-refractivity contribution in [3.63, 3.8) is 0 Å². The summed E-state index contributed by atoms with van der Waals surface area (Å²) in [6.07, 6.45) is 5.87. The Morgan fingerprint density at radius 2 is 1.79 bits per heavy atom. The Morgan fingerprint density at radius 1 is 0.958 bits per heavy atom. The number of ether oxygens (including phenoxy) is 1. The molecule has 4 rings (SSSR count). The zero-order valence-electron chi connectivity index (χ0n) is 14.1. The molecule has 24 heavy (non-hydrogen) atoms. The summed E-state index contributed by atoms with van der Waals surface area (Å²) in [6, 6.07) is 15.1. The number of piperidine rings is 1. The number of aromatic nitrogens is 1. The molecule has 2 aromatic rings. The van der Waals surface area contributed by atoms with Crippen LogP contribution in [0, 0.1) is 0 Å². The van der Waals surface area contributed by atoms with Crippen LogP contribution in [-0.2, 0) is 0 Å². The monoisotopic (exact) mass is 323 g/mol. The van der Waals surface area contributed by atoms with Gasteiger partial charge in [0.1, 0.15) is 6.61 Å². The fourth-order valence-electron chi connectivity index (χ4n) is 3.82. The summed E-state index contributed by atoms with van der Waals surface area (Å²) >= 11 is 0. The third-order valence-corrected chi connectivity index (χ3v) is 5.05. The second kappa shape index (κ2) is 7.22. The van der Waals surface area contributed by atoms with Gasteiger partial charge in [0.2, 0.25) is 0 Å². The number of hydrogen-bond donors (Lipinski definition) is 0. The first kappa shape index (κ1) is 15.5. The van der Waals surface area contributed by atoms with E-state index in [1.54, 1.807) is 0 Å². The molecule has 4 nitrogen and oxygen atoms in total. The first-order valence-electron chi connectivity index (χ1n) is 9.03. The Balaban J connectivity index is 1.65. The molecule has 0 spiro atoms. The van der Waals surface area contributed by atoms with Crippen molar-refractivity contribution in [1.29, 1.82) is 0 Å².